The van der Waals surface area contributed by atoms with Gasteiger partial charge in [0.1, 0.15) is 0 Å². The first-order valence-electron chi connectivity index (χ1n) is 5.55. The Bertz CT molecular complexity index is 313. The molecule has 0 amide bonds. The van der Waals surface area contributed by atoms with Crippen molar-refractivity contribution in [2.45, 2.75) is 46.0 Å². The van der Waals surface area contributed by atoms with Gasteiger partial charge in [0.2, 0.25) is 8.32 Å². The van der Waals surface area contributed by atoms with Gasteiger partial charge in [-0.3, -0.25) is 13.9 Å². The molecule has 0 aliphatic heterocycles. The second-order valence-electron chi connectivity index (χ2n) is 5.21. The van der Waals surface area contributed by atoms with E-state index in [1.807, 2.05) is 19.6 Å². The van der Waals surface area contributed by atoms with Crippen LogP contribution in [0.15, 0.2) is 0 Å². The lowest BCUT2D eigenvalue weighted by Gasteiger charge is -2.30. The minimum atomic E-state index is -3.21. The van der Waals surface area contributed by atoms with Crippen LogP contribution in [0.2, 0.25) is 19.6 Å². The van der Waals surface area contributed by atoms with Gasteiger partial charge in [-0.25, -0.2) is 0 Å². The molecule has 5 nitrogen and oxygen atoms in total. The molecule has 0 fully saturated rings. The van der Waals surface area contributed by atoms with Gasteiger partial charge in [-0.05, 0) is 33.5 Å². The van der Waals surface area contributed by atoms with Crippen LogP contribution in [0.4, 0.5) is 0 Å². The van der Waals surface area contributed by atoms with E-state index in [9.17, 15) is 9.36 Å². The standard InChI is InChI=1S/C10H23O5PSi/c1-8-16(12,13-4)15-10(2,3)9(11)14-17(5,6)7/h8H2,1-7H3. The molecule has 0 N–H and O–H groups in total. The summed E-state index contributed by atoms with van der Waals surface area (Å²) in [5.41, 5.74) is -1.26. The predicted molar refractivity (Wildman–Crippen MR) is 69.8 cm³/mol. The SMILES string of the molecule is CCP(=O)(OC)OC(C)(C)C(=O)O[Si](C)(C)C. The summed E-state index contributed by atoms with van der Waals surface area (Å²) in [6.07, 6.45) is 0.215. The van der Waals surface area contributed by atoms with Crippen molar-refractivity contribution in [3.05, 3.63) is 0 Å². The van der Waals surface area contributed by atoms with E-state index in [1.54, 1.807) is 6.92 Å². The zero-order chi connectivity index (χ0) is 13.9. The van der Waals surface area contributed by atoms with Crippen molar-refractivity contribution in [3.8, 4) is 0 Å². The van der Waals surface area contributed by atoms with Crippen LogP contribution in [-0.2, 0) is 22.8 Å². The van der Waals surface area contributed by atoms with Gasteiger partial charge in [-0.15, -0.1) is 0 Å². The molecule has 0 saturated heterocycles. The average molecular weight is 282 g/mol. The van der Waals surface area contributed by atoms with Gasteiger partial charge in [0.05, 0.1) is 0 Å². The maximum absolute atomic E-state index is 12.0. The third-order valence-corrected chi connectivity index (χ3v) is 4.79. The van der Waals surface area contributed by atoms with Crippen molar-refractivity contribution < 1.29 is 22.8 Å². The van der Waals surface area contributed by atoms with Crippen LogP contribution < -0.4 is 0 Å². The lowest BCUT2D eigenvalue weighted by atomic mass is 10.1. The third kappa shape index (κ3) is 5.81. The topological polar surface area (TPSA) is 61.8 Å². The molecular formula is C10H23O5PSi. The molecule has 0 spiro atoms. The van der Waals surface area contributed by atoms with Gasteiger partial charge in [-0.2, -0.15) is 0 Å². The van der Waals surface area contributed by atoms with E-state index in [0.717, 1.165) is 0 Å². The van der Waals surface area contributed by atoms with E-state index in [4.69, 9.17) is 13.5 Å². The lowest BCUT2D eigenvalue weighted by molar-refractivity contribution is -0.150. The normalized spacial score (nSPS) is 16.4. The molecule has 0 rings (SSSR count). The summed E-state index contributed by atoms with van der Waals surface area (Å²) in [5, 5.41) is 0. The number of hydrogen-bond acceptors (Lipinski definition) is 5. The molecule has 0 saturated carbocycles. The molecule has 0 aliphatic rings. The molecule has 102 valence electrons. The summed E-state index contributed by atoms with van der Waals surface area (Å²) < 4.78 is 27.5. The summed E-state index contributed by atoms with van der Waals surface area (Å²) in [7, 11) is -3.88. The van der Waals surface area contributed by atoms with Crippen molar-refractivity contribution in [1.29, 1.82) is 0 Å². The molecule has 0 radical (unpaired) electrons. The van der Waals surface area contributed by atoms with Crippen molar-refractivity contribution in [3.63, 3.8) is 0 Å². The van der Waals surface area contributed by atoms with Crippen LogP contribution in [0.25, 0.3) is 0 Å². The van der Waals surface area contributed by atoms with E-state index in [0.29, 0.717) is 0 Å². The highest BCUT2D eigenvalue weighted by molar-refractivity contribution is 7.53. The van der Waals surface area contributed by atoms with E-state index in [2.05, 4.69) is 0 Å². The lowest BCUT2D eigenvalue weighted by Crippen LogP contribution is -2.42. The molecule has 1 unspecified atom stereocenters. The Balaban J connectivity index is 4.79. The minimum absolute atomic E-state index is 0.215. The molecular weight excluding hydrogens is 259 g/mol. The summed E-state index contributed by atoms with van der Waals surface area (Å²) >= 11 is 0. The van der Waals surface area contributed by atoms with Crippen LogP contribution in [0.1, 0.15) is 20.8 Å². The molecule has 0 aromatic carbocycles. The zero-order valence-corrected chi connectivity index (χ0v) is 13.6. The van der Waals surface area contributed by atoms with Crippen molar-refractivity contribution in [2.24, 2.45) is 0 Å². The predicted octanol–water partition coefficient (Wildman–Crippen LogP) is 3.02. The molecule has 1 atom stereocenters. The number of carbonyl (C=O) groups is 1. The van der Waals surface area contributed by atoms with Gasteiger partial charge in [0.15, 0.2) is 5.60 Å². The monoisotopic (exact) mass is 282 g/mol. The van der Waals surface area contributed by atoms with Gasteiger partial charge in [-0.1, -0.05) is 6.92 Å². The van der Waals surface area contributed by atoms with Crippen LogP contribution in [-0.4, -0.2) is 33.2 Å². The van der Waals surface area contributed by atoms with Crippen LogP contribution in [0.3, 0.4) is 0 Å². The minimum Gasteiger partial charge on any atom is -0.518 e. The van der Waals surface area contributed by atoms with E-state index in [1.165, 1.54) is 21.0 Å². The third-order valence-electron chi connectivity index (χ3n) is 1.92. The van der Waals surface area contributed by atoms with E-state index in [-0.39, 0.29) is 6.16 Å². The molecule has 0 aromatic rings. The largest absolute Gasteiger partial charge is 0.518 e. The van der Waals surface area contributed by atoms with Gasteiger partial charge >= 0.3 is 13.6 Å². The maximum Gasteiger partial charge on any atom is 0.331 e. The second-order valence-corrected chi connectivity index (χ2v) is 12.0. The quantitative estimate of drug-likeness (QED) is 0.553. The van der Waals surface area contributed by atoms with Crippen molar-refractivity contribution in [1.82, 2.24) is 0 Å². The fraction of sp³-hybridized carbons (Fsp3) is 0.900. The van der Waals surface area contributed by atoms with Crippen LogP contribution >= 0.6 is 7.60 Å². The Morgan fingerprint density at radius 2 is 1.76 bits per heavy atom. The molecule has 17 heavy (non-hydrogen) atoms. The highest BCUT2D eigenvalue weighted by Crippen LogP contribution is 2.50. The van der Waals surface area contributed by atoms with Crippen LogP contribution in [0.5, 0.6) is 0 Å². The highest BCUT2D eigenvalue weighted by atomic mass is 31.2. The Morgan fingerprint density at radius 3 is 2.06 bits per heavy atom. The summed E-state index contributed by atoms with van der Waals surface area (Å²) in [5.74, 6) is -0.498. The highest BCUT2D eigenvalue weighted by Gasteiger charge is 2.40. The molecule has 0 heterocycles. The smallest absolute Gasteiger partial charge is 0.331 e. The zero-order valence-electron chi connectivity index (χ0n) is 11.7. The first-order valence-corrected chi connectivity index (χ1v) is 10.7. The molecule has 0 aliphatic carbocycles. The summed E-state index contributed by atoms with van der Waals surface area (Å²) in [6, 6.07) is 0. The van der Waals surface area contributed by atoms with Crippen molar-refractivity contribution in [2.75, 3.05) is 13.3 Å². The number of carbonyl (C=O) groups excluding carboxylic acids is 1. The Labute approximate surface area is 104 Å². The first-order chi connectivity index (χ1) is 7.46. The first kappa shape index (κ1) is 16.8. The average Bonchev–Trinajstić information content (AvgIpc) is 2.14. The Morgan fingerprint density at radius 1 is 1.29 bits per heavy atom. The Hall–Kier alpha value is -0.163. The summed E-state index contributed by atoms with van der Waals surface area (Å²) in [4.78, 5) is 11.9. The second kappa shape index (κ2) is 5.65. The van der Waals surface area contributed by atoms with Gasteiger partial charge in [0, 0.05) is 13.3 Å². The molecule has 0 bridgehead atoms. The van der Waals surface area contributed by atoms with E-state index < -0.39 is 27.5 Å². The van der Waals surface area contributed by atoms with Crippen molar-refractivity contribution >= 4 is 21.9 Å². The van der Waals surface area contributed by atoms with Crippen LogP contribution in [0, 0.1) is 0 Å². The van der Waals surface area contributed by atoms with Gasteiger partial charge in [0.25, 0.3) is 0 Å². The van der Waals surface area contributed by atoms with E-state index >= 15 is 0 Å². The maximum atomic E-state index is 12.0. The van der Waals surface area contributed by atoms with Gasteiger partial charge < -0.3 is 8.95 Å². The molecule has 0 aromatic heterocycles. The Kier molecular flexibility index (Phi) is 5.60. The number of rotatable bonds is 6. The molecule has 7 heteroatoms. The fourth-order valence-corrected chi connectivity index (χ4v) is 3.05. The summed E-state index contributed by atoms with van der Waals surface area (Å²) in [6.45, 7) is 10.5. The number of hydrogen-bond donors (Lipinski definition) is 0. The fourth-order valence-electron chi connectivity index (χ4n) is 1.02.